The lowest BCUT2D eigenvalue weighted by Gasteiger charge is -2.56. The van der Waals surface area contributed by atoms with E-state index in [0.29, 0.717) is 29.5 Å². The topological polar surface area (TPSA) is 34.1 Å². The lowest BCUT2D eigenvalue weighted by atomic mass is 9.47. The molecule has 0 amide bonds. The van der Waals surface area contributed by atoms with Crippen LogP contribution in [0.25, 0.3) is 0 Å². The Morgan fingerprint density at radius 1 is 1.00 bits per heavy atom. The SMILES string of the molecule is CC(C)CCC[C@@H](C)[C@H]1CC[C@H]2[C@@H]3C(=O)C=C4C=CC(=O)C[C@]4(C)[C@H]3CC[C@]12C. The molecule has 2 heteroatoms. The number of fused-ring (bicyclic) bond motifs is 5. The van der Waals surface area contributed by atoms with Gasteiger partial charge in [0.05, 0.1) is 0 Å². The molecule has 0 bridgehead atoms. The molecule has 0 N–H and O–H groups in total. The van der Waals surface area contributed by atoms with Crippen molar-refractivity contribution in [2.75, 3.05) is 0 Å². The third-order valence-electron chi connectivity index (χ3n) is 9.57. The van der Waals surface area contributed by atoms with Gasteiger partial charge in [-0.1, -0.05) is 60.0 Å². The fourth-order valence-electron chi connectivity index (χ4n) is 7.98. The van der Waals surface area contributed by atoms with Gasteiger partial charge in [-0.25, -0.2) is 0 Å². The molecule has 2 nitrogen and oxygen atoms in total. The maximum Gasteiger partial charge on any atom is 0.159 e. The van der Waals surface area contributed by atoms with Crippen LogP contribution in [0.15, 0.2) is 23.8 Å². The summed E-state index contributed by atoms with van der Waals surface area (Å²) in [7, 11) is 0. The van der Waals surface area contributed by atoms with Gasteiger partial charge in [-0.05, 0) is 78.4 Å². The second-order valence-corrected chi connectivity index (χ2v) is 11.7. The Kier molecular flexibility index (Phi) is 5.45. The highest BCUT2D eigenvalue weighted by atomic mass is 16.1. The summed E-state index contributed by atoms with van der Waals surface area (Å²) in [6, 6.07) is 0. The van der Waals surface area contributed by atoms with Crippen LogP contribution in [0.3, 0.4) is 0 Å². The van der Waals surface area contributed by atoms with Crippen LogP contribution in [0.5, 0.6) is 0 Å². The first-order chi connectivity index (χ1) is 13.7. The van der Waals surface area contributed by atoms with Crippen LogP contribution in [-0.2, 0) is 9.59 Å². The first kappa shape index (κ1) is 21.1. The second-order valence-electron chi connectivity index (χ2n) is 11.7. The maximum absolute atomic E-state index is 13.3. The summed E-state index contributed by atoms with van der Waals surface area (Å²) < 4.78 is 0. The molecule has 0 heterocycles. The smallest absolute Gasteiger partial charge is 0.159 e. The molecular weight excluding hydrogens is 356 g/mol. The van der Waals surface area contributed by atoms with E-state index in [1.165, 1.54) is 38.5 Å². The van der Waals surface area contributed by atoms with Crippen molar-refractivity contribution in [2.24, 2.45) is 46.3 Å². The van der Waals surface area contributed by atoms with E-state index in [1.54, 1.807) is 6.08 Å². The first-order valence-corrected chi connectivity index (χ1v) is 12.1. The number of carbonyl (C=O) groups is 2. The minimum absolute atomic E-state index is 0.132. The van der Waals surface area contributed by atoms with Gasteiger partial charge in [-0.3, -0.25) is 9.59 Å². The molecule has 0 radical (unpaired) electrons. The Bertz CT molecular complexity index is 744. The fraction of sp³-hybridized carbons (Fsp3) is 0.778. The molecule has 2 fully saturated rings. The van der Waals surface area contributed by atoms with Crippen molar-refractivity contribution in [1.82, 2.24) is 0 Å². The van der Waals surface area contributed by atoms with E-state index in [4.69, 9.17) is 0 Å². The third kappa shape index (κ3) is 3.39. The van der Waals surface area contributed by atoms with Crippen molar-refractivity contribution in [3.63, 3.8) is 0 Å². The van der Waals surface area contributed by atoms with Crippen LogP contribution in [-0.4, -0.2) is 11.6 Å². The Morgan fingerprint density at radius 3 is 2.48 bits per heavy atom. The summed E-state index contributed by atoms with van der Waals surface area (Å²) in [6.45, 7) is 11.9. The number of carbonyl (C=O) groups excluding carboxylic acids is 2. The number of hydrogen-bond acceptors (Lipinski definition) is 2. The van der Waals surface area contributed by atoms with Crippen LogP contribution in [0, 0.1) is 46.3 Å². The summed E-state index contributed by atoms with van der Waals surface area (Å²) in [5.41, 5.74) is 1.28. The van der Waals surface area contributed by atoms with Crippen LogP contribution >= 0.6 is 0 Å². The van der Waals surface area contributed by atoms with Gasteiger partial charge in [0.25, 0.3) is 0 Å². The molecular formula is C27H40O2. The van der Waals surface area contributed by atoms with Crippen LogP contribution < -0.4 is 0 Å². The average molecular weight is 397 g/mol. The molecule has 0 aromatic carbocycles. The quantitative estimate of drug-likeness (QED) is 0.528. The lowest BCUT2D eigenvalue weighted by molar-refractivity contribution is -0.136. The Balaban J connectivity index is 1.57. The molecule has 0 aromatic rings. The molecule has 160 valence electrons. The summed E-state index contributed by atoms with van der Waals surface area (Å²) in [6.07, 6.45) is 14.9. The minimum atomic E-state index is -0.132. The van der Waals surface area contributed by atoms with Gasteiger partial charge in [0.15, 0.2) is 11.6 Å². The normalized spacial score (nSPS) is 42.3. The summed E-state index contributed by atoms with van der Waals surface area (Å²) in [4.78, 5) is 25.6. The third-order valence-corrected chi connectivity index (χ3v) is 9.57. The van der Waals surface area contributed by atoms with Gasteiger partial charge in [0.2, 0.25) is 0 Å². The van der Waals surface area contributed by atoms with Crippen LogP contribution in [0.4, 0.5) is 0 Å². The molecule has 29 heavy (non-hydrogen) atoms. The van der Waals surface area contributed by atoms with Gasteiger partial charge in [-0.2, -0.15) is 0 Å². The molecule has 0 aliphatic heterocycles. The maximum atomic E-state index is 13.3. The van der Waals surface area contributed by atoms with Crippen LogP contribution in [0.2, 0.25) is 0 Å². The highest BCUT2D eigenvalue weighted by molar-refractivity contribution is 5.98. The first-order valence-electron chi connectivity index (χ1n) is 12.1. The number of hydrogen-bond donors (Lipinski definition) is 0. The van der Waals surface area contributed by atoms with Crippen molar-refractivity contribution < 1.29 is 9.59 Å². The van der Waals surface area contributed by atoms with Gasteiger partial charge >= 0.3 is 0 Å². The van der Waals surface area contributed by atoms with Crippen molar-refractivity contribution in [3.05, 3.63) is 23.8 Å². The summed E-state index contributed by atoms with van der Waals surface area (Å²) in [5.74, 6) is 3.85. The van der Waals surface area contributed by atoms with Crippen LogP contribution in [0.1, 0.15) is 86.0 Å². The van der Waals surface area contributed by atoms with Crippen molar-refractivity contribution >= 4 is 11.6 Å². The zero-order valence-electron chi connectivity index (χ0n) is 19.2. The molecule has 0 saturated heterocycles. The minimum Gasteiger partial charge on any atom is -0.295 e. The van der Waals surface area contributed by atoms with Gasteiger partial charge in [0, 0.05) is 17.8 Å². The number of allylic oxidation sites excluding steroid dienone is 4. The van der Waals surface area contributed by atoms with E-state index in [1.807, 2.05) is 12.2 Å². The van der Waals surface area contributed by atoms with E-state index < -0.39 is 0 Å². The highest BCUT2D eigenvalue weighted by Crippen LogP contribution is 2.66. The van der Waals surface area contributed by atoms with E-state index in [2.05, 4.69) is 34.6 Å². The molecule has 4 aliphatic rings. The van der Waals surface area contributed by atoms with E-state index >= 15 is 0 Å². The highest BCUT2D eigenvalue weighted by Gasteiger charge is 2.61. The molecule has 2 saturated carbocycles. The lowest BCUT2D eigenvalue weighted by Crippen LogP contribution is -2.53. The number of ketones is 2. The van der Waals surface area contributed by atoms with Gasteiger partial charge < -0.3 is 0 Å². The molecule has 4 aliphatic carbocycles. The summed E-state index contributed by atoms with van der Waals surface area (Å²) in [5, 5.41) is 0. The Labute approximate surface area is 177 Å². The van der Waals surface area contributed by atoms with E-state index in [9.17, 15) is 9.59 Å². The second kappa shape index (κ2) is 7.50. The van der Waals surface area contributed by atoms with Crippen molar-refractivity contribution in [2.45, 2.75) is 86.0 Å². The zero-order chi connectivity index (χ0) is 21.0. The number of rotatable bonds is 5. The predicted octanol–water partition coefficient (Wildman–Crippen LogP) is 6.55. The van der Waals surface area contributed by atoms with Crippen molar-refractivity contribution in [3.8, 4) is 0 Å². The van der Waals surface area contributed by atoms with Crippen molar-refractivity contribution in [1.29, 1.82) is 0 Å². The average Bonchev–Trinajstić information content (AvgIpc) is 2.99. The van der Waals surface area contributed by atoms with Gasteiger partial charge in [0.1, 0.15) is 0 Å². The fourth-order valence-corrected chi connectivity index (χ4v) is 7.98. The van der Waals surface area contributed by atoms with Gasteiger partial charge in [-0.15, -0.1) is 0 Å². The largest absolute Gasteiger partial charge is 0.295 e. The standard InChI is InChI=1S/C27H40O2/c1-17(2)7-6-8-18(3)21-11-12-22-25-23(13-14-26(21,22)4)27(5)16-20(28)10-9-19(27)15-24(25)29/h9-10,15,17-18,21-23,25H,6-8,11-14,16H2,1-5H3/t18-,21-,22+,23+,25+,26-,27+/m1/s1. The molecule has 0 aromatic heterocycles. The van der Waals surface area contributed by atoms with E-state index in [-0.39, 0.29) is 17.1 Å². The molecule has 4 rings (SSSR count). The predicted molar refractivity (Wildman–Crippen MR) is 118 cm³/mol. The molecule has 0 spiro atoms. The molecule has 7 atom stereocenters. The Hall–Kier alpha value is -1.18. The Morgan fingerprint density at radius 2 is 1.76 bits per heavy atom. The van der Waals surface area contributed by atoms with E-state index in [0.717, 1.165) is 29.7 Å². The summed E-state index contributed by atoms with van der Waals surface area (Å²) >= 11 is 0. The zero-order valence-corrected chi connectivity index (χ0v) is 19.2. The molecule has 0 unspecified atom stereocenters. The monoisotopic (exact) mass is 396 g/mol.